The number of carbonyl (C=O) groups excluding carboxylic acids is 3. The molecule has 0 aromatic heterocycles. The molecule has 9 heteroatoms. The second-order valence-electron chi connectivity index (χ2n) is 6.15. The van der Waals surface area contributed by atoms with Crippen molar-refractivity contribution in [2.24, 2.45) is 0 Å². The minimum Gasteiger partial charge on any atom is -0.496 e. The van der Waals surface area contributed by atoms with Gasteiger partial charge in [-0.1, -0.05) is 6.07 Å². The fraction of sp³-hybridized carbons (Fsp3) is 0.143. The van der Waals surface area contributed by atoms with Gasteiger partial charge in [-0.25, -0.2) is 14.5 Å². The summed E-state index contributed by atoms with van der Waals surface area (Å²) in [7, 11) is 1.33. The Kier molecular flexibility index (Phi) is 5.82. The number of urea groups is 1. The molecule has 2 aromatic rings. The van der Waals surface area contributed by atoms with Crippen LogP contribution in [0.5, 0.6) is 11.5 Å². The summed E-state index contributed by atoms with van der Waals surface area (Å²) in [4.78, 5) is 49.7. The largest absolute Gasteiger partial charge is 0.496 e. The number of anilines is 1. The van der Waals surface area contributed by atoms with Crippen molar-refractivity contribution in [3.05, 3.63) is 59.2 Å². The van der Waals surface area contributed by atoms with E-state index in [1.807, 2.05) is 6.92 Å². The normalized spacial score (nSPS) is 15.2. The third kappa shape index (κ3) is 4.00. The van der Waals surface area contributed by atoms with E-state index in [4.69, 9.17) is 9.47 Å². The van der Waals surface area contributed by atoms with Crippen molar-refractivity contribution in [2.75, 3.05) is 18.6 Å². The van der Waals surface area contributed by atoms with Crippen LogP contribution in [0, 0.1) is 0 Å². The molecule has 0 unspecified atom stereocenters. The highest BCUT2D eigenvalue weighted by atomic mass is 16.5. The van der Waals surface area contributed by atoms with Gasteiger partial charge in [-0.3, -0.25) is 14.9 Å². The monoisotopic (exact) mass is 410 g/mol. The van der Waals surface area contributed by atoms with Crippen molar-refractivity contribution in [1.82, 2.24) is 5.32 Å². The van der Waals surface area contributed by atoms with Gasteiger partial charge in [0.1, 0.15) is 22.6 Å². The molecule has 2 N–H and O–H groups in total. The molecule has 30 heavy (non-hydrogen) atoms. The summed E-state index contributed by atoms with van der Waals surface area (Å²) in [5.41, 5.74) is 0.0907. The Morgan fingerprint density at radius 2 is 1.83 bits per heavy atom. The Labute approximate surface area is 171 Å². The topological polar surface area (TPSA) is 122 Å². The van der Waals surface area contributed by atoms with Crippen molar-refractivity contribution < 1.29 is 33.8 Å². The lowest BCUT2D eigenvalue weighted by Crippen LogP contribution is -2.54. The molecule has 0 atom stereocenters. The number of amides is 4. The van der Waals surface area contributed by atoms with E-state index >= 15 is 0 Å². The van der Waals surface area contributed by atoms with Crippen molar-refractivity contribution in [3.63, 3.8) is 0 Å². The number of carbonyl (C=O) groups is 4. The Bertz CT molecular complexity index is 1060. The summed E-state index contributed by atoms with van der Waals surface area (Å²) >= 11 is 0. The van der Waals surface area contributed by atoms with Gasteiger partial charge in [-0.05, 0) is 55.0 Å². The zero-order valence-corrected chi connectivity index (χ0v) is 16.2. The molecule has 1 aliphatic rings. The first-order chi connectivity index (χ1) is 14.3. The standard InChI is InChI=1S/C21H18N2O7/c1-3-30-14-7-5-13(6-8-14)23-19(25)16(18(24)22-21(23)28)11-12-4-9-17(29-2)15(10-12)20(26)27/h4-11H,3H2,1-2H3,(H,26,27)(H,22,24,28)/b16-11-. The van der Waals surface area contributed by atoms with Crippen LogP contribution in [0.15, 0.2) is 48.0 Å². The molecule has 0 bridgehead atoms. The van der Waals surface area contributed by atoms with E-state index < -0.39 is 23.8 Å². The van der Waals surface area contributed by atoms with Crippen LogP contribution in [0.3, 0.4) is 0 Å². The van der Waals surface area contributed by atoms with Gasteiger partial charge in [0.25, 0.3) is 11.8 Å². The minimum atomic E-state index is -1.22. The third-order valence-electron chi connectivity index (χ3n) is 4.27. The van der Waals surface area contributed by atoms with Crippen molar-refractivity contribution in [3.8, 4) is 11.5 Å². The van der Waals surface area contributed by atoms with E-state index in [9.17, 15) is 24.3 Å². The van der Waals surface area contributed by atoms with Gasteiger partial charge >= 0.3 is 12.0 Å². The molecule has 4 amide bonds. The van der Waals surface area contributed by atoms with Crippen molar-refractivity contribution in [1.29, 1.82) is 0 Å². The van der Waals surface area contributed by atoms with E-state index in [1.54, 1.807) is 12.1 Å². The van der Waals surface area contributed by atoms with Gasteiger partial charge in [-0.15, -0.1) is 0 Å². The molecule has 3 rings (SSSR count). The Morgan fingerprint density at radius 3 is 2.43 bits per heavy atom. The Hall–Kier alpha value is -4.14. The summed E-state index contributed by atoms with van der Waals surface area (Å²) < 4.78 is 10.3. The molecule has 1 saturated heterocycles. The number of hydrogen-bond acceptors (Lipinski definition) is 6. The lowest BCUT2D eigenvalue weighted by atomic mass is 10.0. The van der Waals surface area contributed by atoms with Crippen LogP contribution in [0.25, 0.3) is 6.08 Å². The quantitative estimate of drug-likeness (QED) is 0.554. The number of carboxylic acids is 1. The van der Waals surface area contributed by atoms with Gasteiger partial charge in [0.05, 0.1) is 19.4 Å². The molecule has 0 aliphatic carbocycles. The molecule has 154 valence electrons. The maximum Gasteiger partial charge on any atom is 0.339 e. The maximum atomic E-state index is 12.9. The number of ether oxygens (including phenoxy) is 2. The van der Waals surface area contributed by atoms with E-state index in [1.165, 1.54) is 43.5 Å². The summed E-state index contributed by atoms with van der Waals surface area (Å²) in [6.45, 7) is 2.29. The summed E-state index contributed by atoms with van der Waals surface area (Å²) in [6, 6.07) is 9.54. The average molecular weight is 410 g/mol. The van der Waals surface area contributed by atoms with Crippen molar-refractivity contribution >= 4 is 35.6 Å². The van der Waals surface area contributed by atoms with Crippen LogP contribution < -0.4 is 19.7 Å². The lowest BCUT2D eigenvalue weighted by Gasteiger charge is -2.26. The van der Waals surface area contributed by atoms with Crippen LogP contribution in [0.1, 0.15) is 22.8 Å². The van der Waals surface area contributed by atoms with E-state index in [2.05, 4.69) is 5.32 Å². The number of barbiturate groups is 1. The van der Waals surface area contributed by atoms with Crippen LogP contribution in [0.4, 0.5) is 10.5 Å². The Balaban J connectivity index is 1.98. The smallest absolute Gasteiger partial charge is 0.339 e. The number of rotatable bonds is 6. The van der Waals surface area contributed by atoms with Crippen molar-refractivity contribution in [2.45, 2.75) is 6.92 Å². The van der Waals surface area contributed by atoms with E-state index in [0.717, 1.165) is 4.90 Å². The van der Waals surface area contributed by atoms with Gasteiger partial charge < -0.3 is 14.6 Å². The predicted octanol–water partition coefficient (Wildman–Crippen LogP) is 2.46. The summed E-state index contributed by atoms with van der Waals surface area (Å²) in [6.07, 6.45) is 1.22. The first-order valence-electron chi connectivity index (χ1n) is 8.91. The van der Waals surface area contributed by atoms with Crippen LogP contribution in [-0.2, 0) is 9.59 Å². The lowest BCUT2D eigenvalue weighted by molar-refractivity contribution is -0.122. The van der Waals surface area contributed by atoms with Gasteiger partial charge in [0.2, 0.25) is 0 Å². The first kappa shape index (κ1) is 20.6. The highest BCUT2D eigenvalue weighted by molar-refractivity contribution is 6.39. The summed E-state index contributed by atoms with van der Waals surface area (Å²) in [5.74, 6) is -2.23. The van der Waals surface area contributed by atoms with Crippen LogP contribution >= 0.6 is 0 Å². The second kappa shape index (κ2) is 8.48. The highest BCUT2D eigenvalue weighted by Crippen LogP contribution is 2.26. The van der Waals surface area contributed by atoms with Gasteiger partial charge in [-0.2, -0.15) is 0 Å². The number of hydrogen-bond donors (Lipinski definition) is 2. The molecule has 2 aromatic carbocycles. The maximum absolute atomic E-state index is 12.9. The van der Waals surface area contributed by atoms with E-state index in [-0.39, 0.29) is 28.1 Å². The molecule has 1 aliphatic heterocycles. The number of nitrogens with zero attached hydrogens (tertiary/aromatic N) is 1. The molecular formula is C21H18N2O7. The summed E-state index contributed by atoms with van der Waals surface area (Å²) in [5, 5.41) is 11.4. The van der Waals surface area contributed by atoms with Gasteiger partial charge in [0.15, 0.2) is 0 Å². The average Bonchev–Trinajstić information content (AvgIpc) is 2.72. The fourth-order valence-electron chi connectivity index (χ4n) is 2.90. The third-order valence-corrected chi connectivity index (χ3v) is 4.27. The minimum absolute atomic E-state index is 0.130. The SMILES string of the molecule is CCOc1ccc(N2C(=O)NC(=O)/C(=C/c3ccc(OC)c(C(=O)O)c3)C2=O)cc1. The molecule has 1 heterocycles. The molecule has 0 radical (unpaired) electrons. The molecule has 0 spiro atoms. The highest BCUT2D eigenvalue weighted by Gasteiger charge is 2.36. The molecule has 0 saturated carbocycles. The first-order valence-corrected chi connectivity index (χ1v) is 8.91. The van der Waals surface area contributed by atoms with Crippen LogP contribution in [-0.4, -0.2) is 42.6 Å². The number of aromatic carboxylic acids is 1. The second-order valence-corrected chi connectivity index (χ2v) is 6.15. The zero-order chi connectivity index (χ0) is 21.8. The Morgan fingerprint density at radius 1 is 1.13 bits per heavy atom. The van der Waals surface area contributed by atoms with E-state index in [0.29, 0.717) is 12.4 Å². The number of imide groups is 2. The zero-order valence-electron chi connectivity index (χ0n) is 16.2. The molecular weight excluding hydrogens is 392 g/mol. The number of methoxy groups -OCH3 is 1. The molecule has 1 fully saturated rings. The number of carboxylic acid groups (broad SMARTS) is 1. The fourth-order valence-corrected chi connectivity index (χ4v) is 2.90. The molecule has 9 nitrogen and oxygen atoms in total. The number of nitrogens with one attached hydrogen (secondary N) is 1. The van der Waals surface area contributed by atoms with Crippen LogP contribution in [0.2, 0.25) is 0 Å². The number of benzene rings is 2. The van der Waals surface area contributed by atoms with Gasteiger partial charge in [0, 0.05) is 0 Å². The predicted molar refractivity (Wildman–Crippen MR) is 107 cm³/mol.